The van der Waals surface area contributed by atoms with Crippen molar-refractivity contribution in [2.24, 2.45) is 0 Å². The number of nitrogens with zero attached hydrogens (tertiary/aromatic N) is 2. The topological polar surface area (TPSA) is 61.9 Å². The van der Waals surface area contributed by atoms with E-state index < -0.39 is 0 Å². The van der Waals surface area contributed by atoms with Gasteiger partial charge >= 0.3 is 0 Å². The van der Waals surface area contributed by atoms with E-state index in [1.807, 2.05) is 44.3 Å². The summed E-state index contributed by atoms with van der Waals surface area (Å²) in [5, 5.41) is 9.55. The molecule has 2 rings (SSSR count). The molecule has 1 heterocycles. The summed E-state index contributed by atoms with van der Waals surface area (Å²) >= 11 is 0. The van der Waals surface area contributed by atoms with Crippen LogP contribution in [0.2, 0.25) is 0 Å². The number of aryl methyl sites for hydroxylation is 1. The normalized spacial score (nSPS) is 9.90. The third-order valence-corrected chi connectivity index (χ3v) is 2.69. The molecule has 0 fully saturated rings. The Labute approximate surface area is 119 Å². The monoisotopic (exact) mass is 269 g/mol. The van der Waals surface area contributed by atoms with E-state index in [2.05, 4.69) is 32.5 Å². The smallest absolute Gasteiger partial charge is 0.136 e. The average Bonchev–Trinajstić information content (AvgIpc) is 2.44. The van der Waals surface area contributed by atoms with Gasteiger partial charge in [0.1, 0.15) is 17.5 Å². The van der Waals surface area contributed by atoms with Crippen LogP contribution in [0.3, 0.4) is 0 Å². The molecular formula is C15H19N5. The lowest BCUT2D eigenvalue weighted by atomic mass is 10.3. The zero-order chi connectivity index (χ0) is 14.4. The van der Waals surface area contributed by atoms with E-state index in [0.29, 0.717) is 12.4 Å². The molecule has 0 amide bonds. The molecule has 0 radical (unpaired) electrons. The lowest BCUT2D eigenvalue weighted by Crippen LogP contribution is -2.04. The Kier molecular flexibility index (Phi) is 4.55. The molecule has 1 aromatic carbocycles. The van der Waals surface area contributed by atoms with Gasteiger partial charge in [-0.1, -0.05) is 12.1 Å². The van der Waals surface area contributed by atoms with Crippen LogP contribution < -0.4 is 16.0 Å². The van der Waals surface area contributed by atoms with Crippen LogP contribution in [0.5, 0.6) is 0 Å². The number of hydrogen-bond acceptors (Lipinski definition) is 5. The number of benzene rings is 1. The summed E-state index contributed by atoms with van der Waals surface area (Å²) in [6.07, 6.45) is 1.79. The molecule has 0 saturated heterocycles. The van der Waals surface area contributed by atoms with Crippen molar-refractivity contribution in [3.05, 3.63) is 48.8 Å². The van der Waals surface area contributed by atoms with Crippen LogP contribution in [-0.2, 0) is 0 Å². The van der Waals surface area contributed by atoms with E-state index in [-0.39, 0.29) is 0 Å². The van der Waals surface area contributed by atoms with Gasteiger partial charge in [-0.3, -0.25) is 0 Å². The molecule has 2 aromatic rings. The molecular weight excluding hydrogens is 250 g/mol. The fraction of sp³-hybridized carbons (Fsp3) is 0.200. The van der Waals surface area contributed by atoms with Crippen molar-refractivity contribution in [3.8, 4) is 0 Å². The molecule has 0 unspecified atom stereocenters. The second-order valence-electron chi connectivity index (χ2n) is 4.31. The van der Waals surface area contributed by atoms with Gasteiger partial charge in [0.15, 0.2) is 0 Å². The molecule has 104 valence electrons. The van der Waals surface area contributed by atoms with Crippen LogP contribution in [-0.4, -0.2) is 23.6 Å². The lowest BCUT2D eigenvalue weighted by Gasteiger charge is -2.10. The zero-order valence-corrected chi connectivity index (χ0v) is 11.8. The molecule has 0 atom stereocenters. The Balaban J connectivity index is 2.19. The minimum atomic E-state index is 0.672. The van der Waals surface area contributed by atoms with Crippen LogP contribution in [0.1, 0.15) is 5.82 Å². The molecule has 20 heavy (non-hydrogen) atoms. The predicted molar refractivity (Wildman–Crippen MR) is 84.7 cm³/mol. The third-order valence-electron chi connectivity index (χ3n) is 2.69. The maximum atomic E-state index is 4.38. The van der Waals surface area contributed by atoms with Gasteiger partial charge in [-0.25, -0.2) is 9.97 Å². The Morgan fingerprint density at radius 1 is 1.15 bits per heavy atom. The first-order chi connectivity index (χ1) is 9.71. The average molecular weight is 269 g/mol. The number of rotatable bonds is 6. The molecule has 5 nitrogen and oxygen atoms in total. The minimum absolute atomic E-state index is 0.672. The largest absolute Gasteiger partial charge is 0.388 e. The van der Waals surface area contributed by atoms with Gasteiger partial charge in [0.2, 0.25) is 0 Å². The molecule has 0 spiro atoms. The van der Waals surface area contributed by atoms with E-state index in [9.17, 15) is 0 Å². The van der Waals surface area contributed by atoms with E-state index in [4.69, 9.17) is 0 Å². The summed E-state index contributed by atoms with van der Waals surface area (Å²) in [7, 11) is 1.89. The van der Waals surface area contributed by atoms with Crippen molar-refractivity contribution in [1.29, 1.82) is 0 Å². The van der Waals surface area contributed by atoms with Crippen molar-refractivity contribution >= 4 is 23.0 Å². The van der Waals surface area contributed by atoms with Gasteiger partial charge in [0.25, 0.3) is 0 Å². The highest BCUT2D eigenvalue weighted by Gasteiger charge is 2.02. The van der Waals surface area contributed by atoms with Crippen molar-refractivity contribution in [3.63, 3.8) is 0 Å². The molecule has 0 aliphatic rings. The van der Waals surface area contributed by atoms with Crippen molar-refractivity contribution in [2.45, 2.75) is 6.92 Å². The fourth-order valence-electron chi connectivity index (χ4n) is 1.80. The molecule has 1 aromatic heterocycles. The van der Waals surface area contributed by atoms with Gasteiger partial charge in [-0.05, 0) is 25.1 Å². The van der Waals surface area contributed by atoms with Crippen LogP contribution >= 0.6 is 0 Å². The zero-order valence-electron chi connectivity index (χ0n) is 11.8. The summed E-state index contributed by atoms with van der Waals surface area (Å²) in [4.78, 5) is 8.71. The molecule has 0 aliphatic heterocycles. The summed E-state index contributed by atoms with van der Waals surface area (Å²) in [5.41, 5.74) is 2.02. The van der Waals surface area contributed by atoms with Gasteiger partial charge in [0.05, 0.1) is 0 Å². The van der Waals surface area contributed by atoms with Crippen LogP contribution in [0.25, 0.3) is 0 Å². The lowest BCUT2D eigenvalue weighted by molar-refractivity contribution is 1.05. The molecule has 3 N–H and O–H groups in total. The summed E-state index contributed by atoms with van der Waals surface area (Å²) in [6, 6.07) is 9.89. The molecule has 5 heteroatoms. The summed E-state index contributed by atoms with van der Waals surface area (Å²) in [6.45, 7) is 6.22. The van der Waals surface area contributed by atoms with E-state index in [1.165, 1.54) is 0 Å². The highest BCUT2D eigenvalue weighted by atomic mass is 15.1. The Hall–Kier alpha value is -2.56. The van der Waals surface area contributed by atoms with Crippen molar-refractivity contribution in [2.75, 3.05) is 29.5 Å². The van der Waals surface area contributed by atoms with Gasteiger partial charge in [-0.15, -0.1) is 6.58 Å². The standard InChI is InChI=1S/C15H19N5/c1-4-8-17-14-10-15(19-11(2)18-14)20-13-7-5-6-12(9-13)16-3/h4-7,9-10,16H,1,8H2,2-3H3,(H2,17,18,19,20). The van der Waals surface area contributed by atoms with Gasteiger partial charge in [-0.2, -0.15) is 0 Å². The Bertz CT molecular complexity index is 595. The van der Waals surface area contributed by atoms with Crippen LogP contribution in [0, 0.1) is 6.92 Å². The first kappa shape index (κ1) is 13.9. The summed E-state index contributed by atoms with van der Waals surface area (Å²) < 4.78 is 0. The molecule has 0 aliphatic carbocycles. The fourth-order valence-corrected chi connectivity index (χ4v) is 1.80. The Morgan fingerprint density at radius 2 is 1.90 bits per heavy atom. The van der Waals surface area contributed by atoms with E-state index in [1.54, 1.807) is 6.08 Å². The van der Waals surface area contributed by atoms with Gasteiger partial charge < -0.3 is 16.0 Å². The molecule has 0 bridgehead atoms. The maximum Gasteiger partial charge on any atom is 0.136 e. The molecule has 0 saturated carbocycles. The van der Waals surface area contributed by atoms with E-state index >= 15 is 0 Å². The van der Waals surface area contributed by atoms with Crippen molar-refractivity contribution < 1.29 is 0 Å². The SMILES string of the molecule is C=CCNc1cc(Nc2cccc(NC)c2)nc(C)n1. The number of anilines is 4. The van der Waals surface area contributed by atoms with Gasteiger partial charge in [0, 0.05) is 31.0 Å². The van der Waals surface area contributed by atoms with Crippen molar-refractivity contribution in [1.82, 2.24) is 9.97 Å². The predicted octanol–water partition coefficient (Wildman–Crippen LogP) is 3.17. The second kappa shape index (κ2) is 6.56. The van der Waals surface area contributed by atoms with Crippen LogP contribution in [0.4, 0.5) is 23.0 Å². The summed E-state index contributed by atoms with van der Waals surface area (Å²) in [5.74, 6) is 2.26. The van der Waals surface area contributed by atoms with E-state index in [0.717, 1.165) is 23.0 Å². The first-order valence-electron chi connectivity index (χ1n) is 6.46. The maximum absolute atomic E-state index is 4.38. The third kappa shape index (κ3) is 3.71. The first-order valence-corrected chi connectivity index (χ1v) is 6.46. The number of aromatic nitrogens is 2. The minimum Gasteiger partial charge on any atom is -0.388 e. The number of nitrogens with one attached hydrogen (secondary N) is 3. The highest BCUT2D eigenvalue weighted by molar-refractivity contribution is 5.64. The highest BCUT2D eigenvalue weighted by Crippen LogP contribution is 2.20. The second-order valence-corrected chi connectivity index (χ2v) is 4.31. The Morgan fingerprint density at radius 3 is 2.65 bits per heavy atom. The van der Waals surface area contributed by atoms with Crippen LogP contribution in [0.15, 0.2) is 43.0 Å². The quantitative estimate of drug-likeness (QED) is 0.703. The number of hydrogen-bond donors (Lipinski definition) is 3.